The van der Waals surface area contributed by atoms with Crippen molar-refractivity contribution in [3.8, 4) is 0 Å². The lowest BCUT2D eigenvalue weighted by molar-refractivity contribution is -0.121. The van der Waals surface area contributed by atoms with Crippen molar-refractivity contribution in [1.82, 2.24) is 15.5 Å². The number of hydrogen-bond acceptors (Lipinski definition) is 2. The monoisotopic (exact) mass is 410 g/mol. The quantitative estimate of drug-likeness (QED) is 0.266. The highest BCUT2D eigenvalue weighted by atomic mass is 127. The Balaban J connectivity index is 0.00000400. The number of halogens is 1. The summed E-state index contributed by atoms with van der Waals surface area (Å²) in [5, 5.41) is 6.30. The third-order valence-corrected chi connectivity index (χ3v) is 3.31. The highest BCUT2D eigenvalue weighted by Gasteiger charge is 2.22. The number of hydrogen-bond donors (Lipinski definition) is 2. The molecule has 0 aromatic heterocycles. The molecule has 1 amide bonds. The molecular weight excluding hydrogens is 379 g/mol. The van der Waals surface area contributed by atoms with E-state index < -0.39 is 0 Å². The molecule has 0 aromatic carbocycles. The van der Waals surface area contributed by atoms with Gasteiger partial charge >= 0.3 is 0 Å². The van der Waals surface area contributed by atoms with Gasteiger partial charge in [-0.3, -0.25) is 9.79 Å². The predicted molar refractivity (Wildman–Crippen MR) is 99.3 cm³/mol. The molecule has 1 rings (SSSR count). The smallest absolute Gasteiger partial charge is 0.220 e. The second-order valence-electron chi connectivity index (χ2n) is 5.46. The maximum absolute atomic E-state index is 11.6. The fourth-order valence-electron chi connectivity index (χ4n) is 1.92. The summed E-state index contributed by atoms with van der Waals surface area (Å²) in [5.41, 5.74) is 0. The number of unbranched alkanes of at least 4 members (excludes halogenated alkanes) is 1. The topological polar surface area (TPSA) is 56.7 Å². The normalized spacial score (nSPS) is 14.3. The molecule has 2 N–H and O–H groups in total. The van der Waals surface area contributed by atoms with Gasteiger partial charge in [-0.1, -0.05) is 13.3 Å². The summed E-state index contributed by atoms with van der Waals surface area (Å²) in [6.07, 6.45) is 6.05. The van der Waals surface area contributed by atoms with Crippen molar-refractivity contribution in [2.75, 3.05) is 26.7 Å². The first-order chi connectivity index (χ1) is 9.67. The van der Waals surface area contributed by atoms with E-state index in [1.807, 2.05) is 0 Å². The highest BCUT2D eigenvalue weighted by Crippen LogP contribution is 2.18. The molecule has 0 heterocycles. The zero-order valence-electron chi connectivity index (χ0n) is 13.7. The highest BCUT2D eigenvalue weighted by molar-refractivity contribution is 14.0. The van der Waals surface area contributed by atoms with Crippen LogP contribution >= 0.6 is 24.0 Å². The molecule has 1 aliphatic carbocycles. The fourth-order valence-corrected chi connectivity index (χ4v) is 1.92. The Morgan fingerprint density at radius 3 is 2.57 bits per heavy atom. The van der Waals surface area contributed by atoms with Crippen molar-refractivity contribution in [2.24, 2.45) is 4.99 Å². The van der Waals surface area contributed by atoms with Crippen LogP contribution in [-0.2, 0) is 4.79 Å². The standard InChI is InChI=1S/C15H30N4O.HI/c1-4-6-12-19(3)15(16-5-2)17-11-7-8-14(20)18-13-9-10-13;/h13H,4-12H2,1-3H3,(H,16,17)(H,18,20);1H. The van der Waals surface area contributed by atoms with Crippen molar-refractivity contribution in [2.45, 2.75) is 58.4 Å². The lowest BCUT2D eigenvalue weighted by Crippen LogP contribution is -2.39. The van der Waals surface area contributed by atoms with Gasteiger partial charge in [0.05, 0.1) is 0 Å². The summed E-state index contributed by atoms with van der Waals surface area (Å²) in [6.45, 7) is 6.86. The van der Waals surface area contributed by atoms with Crippen LogP contribution in [0.4, 0.5) is 0 Å². The Morgan fingerprint density at radius 1 is 1.29 bits per heavy atom. The van der Waals surface area contributed by atoms with Crippen LogP contribution in [0.25, 0.3) is 0 Å². The number of aliphatic imine (C=N–C) groups is 1. The average molecular weight is 410 g/mol. The Bertz CT molecular complexity index is 319. The molecule has 21 heavy (non-hydrogen) atoms. The molecule has 0 bridgehead atoms. The second-order valence-corrected chi connectivity index (χ2v) is 5.46. The summed E-state index contributed by atoms with van der Waals surface area (Å²) in [7, 11) is 2.07. The first kappa shape index (κ1) is 20.5. The number of rotatable bonds is 9. The molecule has 0 unspecified atom stereocenters. The van der Waals surface area contributed by atoms with Gasteiger partial charge in [0, 0.05) is 39.1 Å². The zero-order valence-corrected chi connectivity index (χ0v) is 16.0. The molecule has 1 saturated carbocycles. The number of nitrogens with zero attached hydrogens (tertiary/aromatic N) is 2. The summed E-state index contributed by atoms with van der Waals surface area (Å²) < 4.78 is 0. The van der Waals surface area contributed by atoms with E-state index in [0.29, 0.717) is 19.0 Å². The van der Waals surface area contributed by atoms with Gasteiger partial charge in [-0.2, -0.15) is 0 Å². The Hall–Kier alpha value is -0.530. The van der Waals surface area contributed by atoms with Crippen LogP contribution in [0.3, 0.4) is 0 Å². The van der Waals surface area contributed by atoms with Gasteiger partial charge in [0.15, 0.2) is 5.96 Å². The van der Waals surface area contributed by atoms with Crippen molar-refractivity contribution < 1.29 is 4.79 Å². The van der Waals surface area contributed by atoms with E-state index in [1.54, 1.807) is 0 Å². The lowest BCUT2D eigenvalue weighted by Gasteiger charge is -2.21. The number of carbonyl (C=O) groups is 1. The van der Waals surface area contributed by atoms with Gasteiger partial charge in [-0.05, 0) is 32.6 Å². The Morgan fingerprint density at radius 2 is 2.00 bits per heavy atom. The van der Waals surface area contributed by atoms with Crippen LogP contribution in [-0.4, -0.2) is 49.5 Å². The van der Waals surface area contributed by atoms with E-state index in [0.717, 1.165) is 38.3 Å². The molecule has 1 fully saturated rings. The van der Waals surface area contributed by atoms with Crippen LogP contribution in [0.5, 0.6) is 0 Å². The molecule has 1 aliphatic rings. The van der Waals surface area contributed by atoms with Gasteiger partial charge in [-0.25, -0.2) is 0 Å². The van der Waals surface area contributed by atoms with Crippen LogP contribution < -0.4 is 10.6 Å². The number of guanidine groups is 1. The molecule has 0 aromatic rings. The summed E-state index contributed by atoms with van der Waals surface area (Å²) in [6, 6.07) is 0.462. The lowest BCUT2D eigenvalue weighted by atomic mass is 10.3. The molecule has 0 atom stereocenters. The van der Waals surface area contributed by atoms with Crippen LogP contribution in [0.15, 0.2) is 4.99 Å². The Labute approximate surface area is 146 Å². The number of carbonyl (C=O) groups excluding carboxylic acids is 1. The molecule has 124 valence electrons. The number of nitrogens with one attached hydrogen (secondary N) is 2. The summed E-state index contributed by atoms with van der Waals surface area (Å²) in [5.74, 6) is 1.12. The fraction of sp³-hybridized carbons (Fsp3) is 0.867. The van der Waals surface area contributed by atoms with Crippen LogP contribution in [0, 0.1) is 0 Å². The zero-order chi connectivity index (χ0) is 14.8. The third kappa shape index (κ3) is 9.92. The minimum atomic E-state index is 0. The Kier molecular flexibility index (Phi) is 11.8. The molecule has 0 saturated heterocycles. The molecule has 5 nitrogen and oxygen atoms in total. The van der Waals surface area contributed by atoms with Gasteiger partial charge in [0.25, 0.3) is 0 Å². The molecular formula is C15H31IN4O. The van der Waals surface area contributed by atoms with Gasteiger partial charge < -0.3 is 15.5 Å². The third-order valence-electron chi connectivity index (χ3n) is 3.31. The maximum Gasteiger partial charge on any atom is 0.220 e. The van der Waals surface area contributed by atoms with Crippen LogP contribution in [0.2, 0.25) is 0 Å². The van der Waals surface area contributed by atoms with E-state index in [1.165, 1.54) is 12.8 Å². The first-order valence-electron chi connectivity index (χ1n) is 7.96. The minimum absolute atomic E-state index is 0. The first-order valence-corrected chi connectivity index (χ1v) is 7.96. The molecule has 6 heteroatoms. The van der Waals surface area contributed by atoms with Gasteiger partial charge in [0.2, 0.25) is 5.91 Å². The molecule has 0 radical (unpaired) electrons. The van der Waals surface area contributed by atoms with Crippen LogP contribution in [0.1, 0.15) is 52.4 Å². The number of amides is 1. The second kappa shape index (κ2) is 12.1. The molecule has 0 aliphatic heterocycles. The van der Waals surface area contributed by atoms with E-state index >= 15 is 0 Å². The largest absolute Gasteiger partial charge is 0.357 e. The maximum atomic E-state index is 11.6. The van der Waals surface area contributed by atoms with E-state index in [2.05, 4.69) is 41.4 Å². The van der Waals surface area contributed by atoms with Gasteiger partial charge in [-0.15, -0.1) is 24.0 Å². The SMILES string of the molecule is CCCCN(C)C(=NCCCC(=O)NC1CC1)NCC.I. The van der Waals surface area contributed by atoms with Crippen molar-refractivity contribution >= 4 is 35.8 Å². The average Bonchev–Trinajstić information content (AvgIpc) is 3.23. The van der Waals surface area contributed by atoms with Crippen molar-refractivity contribution in [3.05, 3.63) is 0 Å². The van der Waals surface area contributed by atoms with E-state index in [9.17, 15) is 4.79 Å². The van der Waals surface area contributed by atoms with Crippen molar-refractivity contribution in [1.29, 1.82) is 0 Å². The predicted octanol–water partition coefficient (Wildman–Crippen LogP) is 2.36. The van der Waals surface area contributed by atoms with E-state index in [-0.39, 0.29) is 29.9 Å². The van der Waals surface area contributed by atoms with E-state index in [4.69, 9.17) is 0 Å². The summed E-state index contributed by atoms with van der Waals surface area (Å²) in [4.78, 5) is 18.3. The molecule has 0 spiro atoms. The summed E-state index contributed by atoms with van der Waals surface area (Å²) >= 11 is 0. The van der Waals surface area contributed by atoms with Gasteiger partial charge in [0.1, 0.15) is 0 Å². The minimum Gasteiger partial charge on any atom is -0.357 e. The van der Waals surface area contributed by atoms with Crippen molar-refractivity contribution in [3.63, 3.8) is 0 Å².